The Bertz CT molecular complexity index is 803. The summed E-state index contributed by atoms with van der Waals surface area (Å²) in [5, 5.41) is 3.64. The summed E-state index contributed by atoms with van der Waals surface area (Å²) >= 11 is 7.41. The van der Waals surface area contributed by atoms with Crippen molar-refractivity contribution in [3.05, 3.63) is 59.1 Å². The fourth-order valence-electron chi connectivity index (χ4n) is 3.09. The molecule has 0 spiro atoms. The van der Waals surface area contributed by atoms with Gasteiger partial charge in [0.2, 0.25) is 5.91 Å². The second-order valence-corrected chi connectivity index (χ2v) is 8.45. The zero-order chi connectivity index (χ0) is 19.9. The van der Waals surface area contributed by atoms with Crippen LogP contribution in [0.25, 0.3) is 0 Å². The van der Waals surface area contributed by atoms with E-state index in [9.17, 15) is 9.59 Å². The molecule has 148 valence electrons. The minimum absolute atomic E-state index is 0.0110. The number of benzene rings is 2. The normalized spacial score (nSPS) is 14.7. The molecule has 1 saturated heterocycles. The number of piperazine rings is 1. The molecule has 0 radical (unpaired) electrons. The molecule has 1 aliphatic heterocycles. The first-order chi connectivity index (χ1) is 13.5. The molecule has 0 aromatic heterocycles. The monoisotopic (exact) mass is 418 g/mol. The number of hydrogen-bond donors (Lipinski definition) is 2. The molecule has 0 unspecified atom stereocenters. The van der Waals surface area contributed by atoms with Crippen LogP contribution in [0.2, 0.25) is 5.02 Å². The number of rotatable bonds is 6. The second-order valence-electron chi connectivity index (χ2n) is 6.96. The first-order valence-electron chi connectivity index (χ1n) is 9.36. The molecule has 0 aliphatic carbocycles. The number of halogens is 1. The van der Waals surface area contributed by atoms with Gasteiger partial charge in [-0.05, 0) is 43.3 Å². The summed E-state index contributed by atoms with van der Waals surface area (Å²) in [6, 6.07) is 15.3. The van der Waals surface area contributed by atoms with Crippen molar-refractivity contribution in [2.45, 2.75) is 11.8 Å². The zero-order valence-corrected chi connectivity index (χ0v) is 17.5. The van der Waals surface area contributed by atoms with Gasteiger partial charge >= 0.3 is 0 Å². The summed E-state index contributed by atoms with van der Waals surface area (Å²) in [5.41, 5.74) is 1.99. The Balaban J connectivity index is 1.38. The predicted molar refractivity (Wildman–Crippen MR) is 114 cm³/mol. The SMILES string of the molecule is Cc1ccc(NC(=O)C[NH+]2CCN(C(=O)CSc3ccc(Cl)cc3)CC2)cc1. The molecule has 1 aliphatic rings. The summed E-state index contributed by atoms with van der Waals surface area (Å²) in [7, 11) is 0. The summed E-state index contributed by atoms with van der Waals surface area (Å²) in [6.07, 6.45) is 0. The lowest BCUT2D eigenvalue weighted by Crippen LogP contribution is -3.15. The summed E-state index contributed by atoms with van der Waals surface area (Å²) in [5.74, 6) is 0.574. The van der Waals surface area contributed by atoms with Gasteiger partial charge < -0.3 is 15.1 Å². The maximum absolute atomic E-state index is 12.4. The first-order valence-corrected chi connectivity index (χ1v) is 10.7. The van der Waals surface area contributed by atoms with Crippen molar-refractivity contribution in [2.24, 2.45) is 0 Å². The Kier molecular flexibility index (Phi) is 7.36. The lowest BCUT2D eigenvalue weighted by molar-refractivity contribution is -0.895. The van der Waals surface area contributed by atoms with Crippen molar-refractivity contribution in [1.82, 2.24) is 4.90 Å². The molecule has 5 nitrogen and oxygen atoms in total. The van der Waals surface area contributed by atoms with Crippen molar-refractivity contribution in [1.29, 1.82) is 0 Å². The minimum Gasteiger partial charge on any atom is -0.331 e. The van der Waals surface area contributed by atoms with E-state index in [2.05, 4.69) is 5.32 Å². The van der Waals surface area contributed by atoms with Crippen molar-refractivity contribution >= 4 is 40.9 Å². The lowest BCUT2D eigenvalue weighted by atomic mass is 10.2. The van der Waals surface area contributed by atoms with E-state index in [0.717, 1.165) is 23.7 Å². The van der Waals surface area contributed by atoms with E-state index in [1.165, 1.54) is 22.2 Å². The van der Waals surface area contributed by atoms with E-state index < -0.39 is 0 Å². The number of carbonyl (C=O) groups is 2. The van der Waals surface area contributed by atoms with E-state index in [0.29, 0.717) is 30.4 Å². The molecule has 2 N–H and O–H groups in total. The number of amides is 2. The van der Waals surface area contributed by atoms with Gasteiger partial charge in [-0.15, -0.1) is 11.8 Å². The molecule has 28 heavy (non-hydrogen) atoms. The number of nitrogens with zero attached hydrogens (tertiary/aromatic N) is 1. The quantitative estimate of drug-likeness (QED) is 0.706. The minimum atomic E-state index is 0.0110. The van der Waals surface area contributed by atoms with Gasteiger partial charge in [0.05, 0.1) is 31.9 Å². The van der Waals surface area contributed by atoms with Crippen LogP contribution in [0.4, 0.5) is 5.69 Å². The van der Waals surface area contributed by atoms with Crippen molar-refractivity contribution in [3.63, 3.8) is 0 Å². The molecule has 0 saturated carbocycles. The number of anilines is 1. The van der Waals surface area contributed by atoms with Crippen LogP contribution >= 0.6 is 23.4 Å². The molecule has 3 rings (SSSR count). The van der Waals surface area contributed by atoms with Crippen molar-refractivity contribution < 1.29 is 14.5 Å². The Morgan fingerprint density at radius 1 is 1.07 bits per heavy atom. The van der Waals surface area contributed by atoms with Crippen LogP contribution in [0.1, 0.15) is 5.56 Å². The molecule has 0 atom stereocenters. The Morgan fingerprint density at radius 3 is 2.36 bits per heavy atom. The molecular formula is C21H25ClN3O2S+. The fraction of sp³-hybridized carbons (Fsp3) is 0.333. The molecular weight excluding hydrogens is 394 g/mol. The third kappa shape index (κ3) is 6.26. The third-order valence-corrected chi connectivity index (χ3v) is 5.99. The van der Waals surface area contributed by atoms with Crippen molar-refractivity contribution in [3.8, 4) is 0 Å². The third-order valence-electron chi connectivity index (χ3n) is 4.75. The van der Waals surface area contributed by atoms with Gasteiger partial charge in [-0.3, -0.25) is 9.59 Å². The molecule has 2 aromatic carbocycles. The summed E-state index contributed by atoms with van der Waals surface area (Å²) < 4.78 is 0. The maximum atomic E-state index is 12.4. The molecule has 1 heterocycles. The van der Waals surface area contributed by atoms with Crippen LogP contribution in [0.15, 0.2) is 53.4 Å². The maximum Gasteiger partial charge on any atom is 0.279 e. The average molecular weight is 419 g/mol. The highest BCUT2D eigenvalue weighted by atomic mass is 35.5. The topological polar surface area (TPSA) is 53.9 Å². The Hall–Kier alpha value is -2.02. The molecule has 2 amide bonds. The fourth-order valence-corrected chi connectivity index (χ4v) is 4.01. The highest BCUT2D eigenvalue weighted by Gasteiger charge is 2.25. The Morgan fingerprint density at radius 2 is 1.71 bits per heavy atom. The van der Waals surface area contributed by atoms with Crippen LogP contribution in [-0.4, -0.2) is 55.2 Å². The van der Waals surface area contributed by atoms with Gasteiger partial charge in [0.15, 0.2) is 6.54 Å². The van der Waals surface area contributed by atoms with Gasteiger partial charge in [-0.1, -0.05) is 29.3 Å². The highest BCUT2D eigenvalue weighted by molar-refractivity contribution is 8.00. The molecule has 7 heteroatoms. The number of aryl methyl sites for hydroxylation is 1. The highest BCUT2D eigenvalue weighted by Crippen LogP contribution is 2.20. The summed E-state index contributed by atoms with van der Waals surface area (Å²) in [4.78, 5) is 28.8. The van der Waals surface area contributed by atoms with E-state index in [1.54, 1.807) is 0 Å². The Labute approximate surface area is 175 Å². The van der Waals surface area contributed by atoms with Crippen LogP contribution < -0.4 is 10.2 Å². The first kappa shape index (κ1) is 20.7. The number of quaternary nitrogens is 1. The van der Waals surface area contributed by atoms with Crippen LogP contribution in [-0.2, 0) is 9.59 Å². The van der Waals surface area contributed by atoms with E-state index in [-0.39, 0.29) is 11.8 Å². The number of hydrogen-bond acceptors (Lipinski definition) is 3. The second kappa shape index (κ2) is 9.96. The standard InChI is InChI=1S/C21H24ClN3O2S/c1-16-2-6-18(7-3-16)23-20(26)14-24-10-12-25(13-11-24)21(27)15-28-19-8-4-17(22)5-9-19/h2-9H,10-15H2,1H3,(H,23,26)/p+1. The number of thioether (sulfide) groups is 1. The number of carbonyl (C=O) groups excluding carboxylic acids is 2. The number of nitrogens with one attached hydrogen (secondary N) is 2. The molecule has 1 fully saturated rings. The van der Waals surface area contributed by atoms with Crippen LogP contribution in [0.5, 0.6) is 0 Å². The smallest absolute Gasteiger partial charge is 0.279 e. The van der Waals surface area contributed by atoms with Gasteiger partial charge in [0.1, 0.15) is 0 Å². The van der Waals surface area contributed by atoms with Gasteiger partial charge in [0.25, 0.3) is 5.91 Å². The summed E-state index contributed by atoms with van der Waals surface area (Å²) in [6.45, 7) is 5.40. The average Bonchev–Trinajstić information content (AvgIpc) is 2.69. The van der Waals surface area contributed by atoms with Crippen LogP contribution in [0, 0.1) is 6.92 Å². The largest absolute Gasteiger partial charge is 0.331 e. The van der Waals surface area contributed by atoms with Gasteiger partial charge in [-0.25, -0.2) is 0 Å². The van der Waals surface area contributed by atoms with Gasteiger partial charge in [-0.2, -0.15) is 0 Å². The van der Waals surface area contributed by atoms with E-state index >= 15 is 0 Å². The predicted octanol–water partition coefficient (Wildman–Crippen LogP) is 2.11. The van der Waals surface area contributed by atoms with Crippen LogP contribution in [0.3, 0.4) is 0 Å². The van der Waals surface area contributed by atoms with Gasteiger partial charge in [0, 0.05) is 15.6 Å². The van der Waals surface area contributed by atoms with E-state index in [4.69, 9.17) is 11.6 Å². The van der Waals surface area contributed by atoms with Crippen molar-refractivity contribution in [2.75, 3.05) is 43.8 Å². The van der Waals surface area contributed by atoms with E-state index in [1.807, 2.05) is 60.4 Å². The molecule has 0 bridgehead atoms. The lowest BCUT2D eigenvalue weighted by Gasteiger charge is -2.31. The molecule has 2 aromatic rings. The zero-order valence-electron chi connectivity index (χ0n) is 15.9.